The number of thiazole rings is 1. The van der Waals surface area contributed by atoms with E-state index in [1.54, 1.807) is 23.1 Å². The topological polar surface area (TPSA) is 60.9 Å². The Bertz CT molecular complexity index is 1110. The fraction of sp³-hybridized carbons (Fsp3) is 0.417. The van der Waals surface area contributed by atoms with Crippen LogP contribution in [0, 0.1) is 6.92 Å². The van der Waals surface area contributed by atoms with E-state index in [0.717, 1.165) is 35.2 Å². The van der Waals surface area contributed by atoms with Gasteiger partial charge in [0.1, 0.15) is 0 Å². The summed E-state index contributed by atoms with van der Waals surface area (Å²) in [7, 11) is 0. The molecule has 1 amide bonds. The van der Waals surface area contributed by atoms with Gasteiger partial charge >= 0.3 is 0 Å². The zero-order valence-electron chi connectivity index (χ0n) is 18.5. The Balaban J connectivity index is 1.72. The minimum atomic E-state index is -0.146. The molecular formula is C24H27ClN2O4S. The molecule has 32 heavy (non-hydrogen) atoms. The Kier molecular flexibility index (Phi) is 7.18. The minimum absolute atomic E-state index is 0.00953. The first kappa shape index (κ1) is 22.8. The Morgan fingerprint density at radius 2 is 2.00 bits per heavy atom. The average molecular weight is 475 g/mol. The number of rotatable bonds is 8. The van der Waals surface area contributed by atoms with Gasteiger partial charge < -0.3 is 14.2 Å². The van der Waals surface area contributed by atoms with Gasteiger partial charge in [0.05, 0.1) is 36.1 Å². The maximum absolute atomic E-state index is 13.7. The van der Waals surface area contributed by atoms with Crippen molar-refractivity contribution in [3.8, 4) is 11.5 Å². The molecule has 0 spiro atoms. The molecule has 0 saturated carbocycles. The van der Waals surface area contributed by atoms with Crippen LogP contribution in [0.25, 0.3) is 10.2 Å². The number of amides is 1. The van der Waals surface area contributed by atoms with Crippen molar-refractivity contribution in [2.75, 3.05) is 31.3 Å². The van der Waals surface area contributed by atoms with E-state index in [1.165, 1.54) is 11.3 Å². The third-order valence-corrected chi connectivity index (χ3v) is 6.56. The molecule has 4 rings (SSSR count). The summed E-state index contributed by atoms with van der Waals surface area (Å²) in [5.41, 5.74) is 2.37. The lowest BCUT2D eigenvalue weighted by molar-refractivity contribution is 0.0917. The predicted molar refractivity (Wildman–Crippen MR) is 129 cm³/mol. The first-order valence-electron chi connectivity index (χ1n) is 10.9. The summed E-state index contributed by atoms with van der Waals surface area (Å²) >= 11 is 7.71. The number of anilines is 1. The number of ether oxygens (including phenoxy) is 3. The molecule has 2 heterocycles. The molecule has 1 saturated heterocycles. The van der Waals surface area contributed by atoms with Gasteiger partial charge in [-0.05, 0) is 69.5 Å². The average Bonchev–Trinajstić information content (AvgIpc) is 3.43. The fourth-order valence-electron chi connectivity index (χ4n) is 3.84. The van der Waals surface area contributed by atoms with Crippen LogP contribution in [-0.2, 0) is 4.74 Å². The van der Waals surface area contributed by atoms with Crippen LogP contribution in [0.3, 0.4) is 0 Å². The first-order chi connectivity index (χ1) is 15.5. The highest BCUT2D eigenvalue weighted by molar-refractivity contribution is 7.22. The Labute approximate surface area is 197 Å². The first-order valence-corrected chi connectivity index (χ1v) is 12.1. The standard InChI is InChI=1S/C24H27ClN2O4S/c1-4-29-19-9-8-16(12-20(19)30-5-2)23(28)27(14-18-7-6-10-31-18)24-26-22-15(3)11-17(25)13-21(22)32-24/h8-9,11-13,18H,4-7,10,14H2,1-3H3. The van der Waals surface area contributed by atoms with Crippen LogP contribution in [0.15, 0.2) is 30.3 Å². The van der Waals surface area contributed by atoms with Crippen molar-refractivity contribution >= 4 is 44.2 Å². The second-order valence-electron chi connectivity index (χ2n) is 7.64. The van der Waals surface area contributed by atoms with Crippen molar-refractivity contribution in [3.05, 3.63) is 46.5 Å². The number of hydrogen-bond donors (Lipinski definition) is 0. The lowest BCUT2D eigenvalue weighted by Gasteiger charge is -2.23. The number of aromatic nitrogens is 1. The highest BCUT2D eigenvalue weighted by atomic mass is 35.5. The molecule has 0 aliphatic carbocycles. The van der Waals surface area contributed by atoms with Gasteiger partial charge in [-0.25, -0.2) is 4.98 Å². The van der Waals surface area contributed by atoms with Gasteiger partial charge in [-0.1, -0.05) is 22.9 Å². The fourth-order valence-corrected chi connectivity index (χ4v) is 5.27. The van der Waals surface area contributed by atoms with Crippen molar-refractivity contribution < 1.29 is 19.0 Å². The lowest BCUT2D eigenvalue weighted by Crippen LogP contribution is -2.37. The Morgan fingerprint density at radius 1 is 1.22 bits per heavy atom. The van der Waals surface area contributed by atoms with Crippen LogP contribution in [0.1, 0.15) is 42.6 Å². The summed E-state index contributed by atoms with van der Waals surface area (Å²) < 4.78 is 18.2. The van der Waals surface area contributed by atoms with Crippen molar-refractivity contribution in [1.82, 2.24) is 4.98 Å². The van der Waals surface area contributed by atoms with Gasteiger partial charge in [0, 0.05) is 17.2 Å². The Morgan fingerprint density at radius 3 is 2.72 bits per heavy atom. The highest BCUT2D eigenvalue weighted by Crippen LogP contribution is 2.35. The van der Waals surface area contributed by atoms with Crippen molar-refractivity contribution in [2.45, 2.75) is 39.7 Å². The number of fused-ring (bicyclic) bond motifs is 1. The molecule has 1 aliphatic heterocycles. The third-order valence-electron chi connectivity index (χ3n) is 5.32. The number of carbonyl (C=O) groups is 1. The second kappa shape index (κ2) is 10.1. The SMILES string of the molecule is CCOc1ccc(C(=O)N(CC2CCCO2)c2nc3c(C)cc(Cl)cc3s2)cc1OCC. The number of aryl methyl sites for hydroxylation is 1. The molecule has 0 bridgehead atoms. The molecule has 6 nitrogen and oxygen atoms in total. The van der Waals surface area contributed by atoms with Crippen molar-refractivity contribution in [1.29, 1.82) is 0 Å². The normalized spacial score (nSPS) is 15.8. The monoisotopic (exact) mass is 474 g/mol. The molecule has 170 valence electrons. The van der Waals surface area contributed by atoms with Crippen LogP contribution in [0.2, 0.25) is 5.02 Å². The summed E-state index contributed by atoms with van der Waals surface area (Å²) in [4.78, 5) is 20.2. The number of halogens is 1. The number of nitrogens with zero attached hydrogens (tertiary/aromatic N) is 2. The van der Waals surface area contributed by atoms with Crippen LogP contribution >= 0.6 is 22.9 Å². The summed E-state index contributed by atoms with van der Waals surface area (Å²) in [6, 6.07) is 9.08. The summed E-state index contributed by atoms with van der Waals surface area (Å²) in [6.07, 6.45) is 1.91. The minimum Gasteiger partial charge on any atom is -0.490 e. The zero-order valence-corrected chi connectivity index (χ0v) is 20.1. The third kappa shape index (κ3) is 4.85. The number of carbonyl (C=O) groups excluding carboxylic acids is 1. The highest BCUT2D eigenvalue weighted by Gasteiger charge is 2.28. The van der Waals surface area contributed by atoms with E-state index < -0.39 is 0 Å². The van der Waals surface area contributed by atoms with E-state index in [0.29, 0.717) is 47.0 Å². The van der Waals surface area contributed by atoms with E-state index in [9.17, 15) is 4.79 Å². The molecule has 8 heteroatoms. The zero-order chi connectivity index (χ0) is 22.7. The largest absolute Gasteiger partial charge is 0.490 e. The van der Waals surface area contributed by atoms with E-state index in [-0.39, 0.29) is 12.0 Å². The molecule has 2 aromatic carbocycles. The van der Waals surface area contributed by atoms with Gasteiger partial charge in [-0.3, -0.25) is 9.69 Å². The van der Waals surface area contributed by atoms with Crippen molar-refractivity contribution in [3.63, 3.8) is 0 Å². The molecule has 1 unspecified atom stereocenters. The Hall–Kier alpha value is -2.35. The van der Waals surface area contributed by atoms with Crippen LogP contribution in [0.4, 0.5) is 5.13 Å². The van der Waals surface area contributed by atoms with E-state index in [1.807, 2.05) is 32.9 Å². The summed E-state index contributed by atoms with van der Waals surface area (Å²) in [5.74, 6) is 1.04. The van der Waals surface area contributed by atoms with E-state index in [2.05, 4.69) is 0 Å². The molecule has 1 atom stereocenters. The molecule has 1 fully saturated rings. The molecule has 1 aromatic heterocycles. The van der Waals surface area contributed by atoms with Gasteiger partial charge in [0.15, 0.2) is 16.6 Å². The molecule has 0 N–H and O–H groups in total. The van der Waals surface area contributed by atoms with Gasteiger partial charge in [-0.15, -0.1) is 0 Å². The number of benzene rings is 2. The van der Waals surface area contributed by atoms with Crippen LogP contribution < -0.4 is 14.4 Å². The van der Waals surface area contributed by atoms with Gasteiger partial charge in [0.2, 0.25) is 0 Å². The predicted octanol–water partition coefficient (Wildman–Crippen LogP) is 5.88. The van der Waals surface area contributed by atoms with Crippen molar-refractivity contribution in [2.24, 2.45) is 0 Å². The summed E-state index contributed by atoms with van der Waals surface area (Å²) in [6.45, 7) is 7.97. The molecule has 0 radical (unpaired) electrons. The van der Waals surface area contributed by atoms with E-state index >= 15 is 0 Å². The maximum atomic E-state index is 13.7. The molecular weight excluding hydrogens is 448 g/mol. The molecule has 1 aliphatic rings. The number of hydrogen-bond acceptors (Lipinski definition) is 6. The summed E-state index contributed by atoms with van der Waals surface area (Å²) in [5, 5.41) is 1.30. The quantitative estimate of drug-likeness (QED) is 0.408. The van der Waals surface area contributed by atoms with Crippen LogP contribution in [0.5, 0.6) is 11.5 Å². The maximum Gasteiger partial charge on any atom is 0.260 e. The van der Waals surface area contributed by atoms with E-state index in [4.69, 9.17) is 30.8 Å². The van der Waals surface area contributed by atoms with Gasteiger partial charge in [-0.2, -0.15) is 0 Å². The lowest BCUT2D eigenvalue weighted by atomic mass is 10.1. The van der Waals surface area contributed by atoms with Gasteiger partial charge in [0.25, 0.3) is 5.91 Å². The van der Waals surface area contributed by atoms with Crippen LogP contribution in [-0.4, -0.2) is 43.4 Å². The molecule has 3 aromatic rings. The smallest absolute Gasteiger partial charge is 0.260 e. The second-order valence-corrected chi connectivity index (χ2v) is 9.09.